The maximum atomic E-state index is 12.5. The van der Waals surface area contributed by atoms with E-state index in [1.807, 2.05) is 0 Å². The molecule has 0 saturated heterocycles. The molecule has 0 unspecified atom stereocenters. The first-order valence-electron chi connectivity index (χ1n) is 7.18. The second-order valence-electron chi connectivity index (χ2n) is 5.11. The number of carbonyl (C=O) groups is 1. The quantitative estimate of drug-likeness (QED) is 0.507. The number of non-ortho nitro benzene ring substituents is 1. The number of amides is 1. The van der Waals surface area contributed by atoms with Crippen molar-refractivity contribution in [2.45, 2.75) is 4.90 Å². The minimum atomic E-state index is -4.12. The zero-order valence-corrected chi connectivity index (χ0v) is 15.7. The molecule has 0 aliphatic carbocycles. The fraction of sp³-hybridized carbons (Fsp3) is 0.0625. The van der Waals surface area contributed by atoms with Gasteiger partial charge in [0.05, 0.1) is 21.1 Å². The highest BCUT2D eigenvalue weighted by Crippen LogP contribution is 2.22. The molecule has 2 N–H and O–H groups in total. The number of hydrogen-bond acceptors (Lipinski definition) is 5. The number of nitrogens with one attached hydrogen (secondary N) is 2. The minimum Gasteiger partial charge on any atom is -0.347 e. The first-order valence-corrected chi connectivity index (χ1v) is 9.46. The number of nitro groups is 1. The highest BCUT2D eigenvalue weighted by Gasteiger charge is 2.20. The maximum Gasteiger partial charge on any atom is 0.270 e. The first kappa shape index (κ1) is 19.6. The molecule has 0 aliphatic rings. The normalized spacial score (nSPS) is 10.8. The smallest absolute Gasteiger partial charge is 0.270 e. The summed E-state index contributed by atoms with van der Waals surface area (Å²) in [5.41, 5.74) is -0.193. The molecule has 2 aromatic carbocycles. The van der Waals surface area contributed by atoms with Gasteiger partial charge in [-0.3, -0.25) is 19.6 Å². The second kappa shape index (κ2) is 8.11. The minimum absolute atomic E-state index is 0.0525. The summed E-state index contributed by atoms with van der Waals surface area (Å²) in [6.45, 7) is 3.77. The van der Waals surface area contributed by atoms with E-state index < -0.39 is 20.9 Å². The van der Waals surface area contributed by atoms with Crippen LogP contribution in [-0.2, 0) is 10.0 Å². The van der Waals surface area contributed by atoms with Crippen LogP contribution in [-0.4, -0.2) is 25.8 Å². The lowest BCUT2D eigenvalue weighted by Crippen LogP contribution is -2.26. The predicted molar refractivity (Wildman–Crippen MR) is 101 cm³/mol. The molecule has 26 heavy (non-hydrogen) atoms. The van der Waals surface area contributed by atoms with Gasteiger partial charge in [0, 0.05) is 23.2 Å². The number of hydrogen-bond donors (Lipinski definition) is 2. The van der Waals surface area contributed by atoms with E-state index in [9.17, 15) is 23.3 Å². The van der Waals surface area contributed by atoms with Crippen molar-refractivity contribution in [3.8, 4) is 0 Å². The molecule has 2 rings (SSSR count). The van der Waals surface area contributed by atoms with Crippen LogP contribution in [0.15, 0.2) is 64.5 Å². The number of halogens is 1. The zero-order chi connectivity index (χ0) is 19.3. The molecule has 0 heterocycles. The van der Waals surface area contributed by atoms with Crippen molar-refractivity contribution in [1.82, 2.24) is 5.32 Å². The lowest BCUT2D eigenvalue weighted by molar-refractivity contribution is -0.385. The Balaban J connectivity index is 2.33. The molecular weight excluding hydrogens is 426 g/mol. The van der Waals surface area contributed by atoms with Gasteiger partial charge in [-0.25, -0.2) is 8.42 Å². The molecule has 0 radical (unpaired) electrons. The lowest BCUT2D eigenvalue weighted by atomic mass is 10.1. The summed E-state index contributed by atoms with van der Waals surface area (Å²) in [6.07, 6.45) is 0. The molecule has 8 nitrogen and oxygen atoms in total. The largest absolute Gasteiger partial charge is 0.347 e. The Kier molecular flexibility index (Phi) is 6.11. The molecule has 0 aliphatic heterocycles. The van der Waals surface area contributed by atoms with Crippen LogP contribution in [0, 0.1) is 10.1 Å². The number of anilines is 1. The molecule has 1 amide bonds. The van der Waals surface area contributed by atoms with Crippen LogP contribution in [0.4, 0.5) is 11.4 Å². The molecule has 0 atom stereocenters. The Morgan fingerprint density at radius 1 is 1.19 bits per heavy atom. The van der Waals surface area contributed by atoms with Gasteiger partial charge in [0.2, 0.25) is 0 Å². The molecule has 0 spiro atoms. The molecule has 10 heteroatoms. The topological polar surface area (TPSA) is 118 Å². The van der Waals surface area contributed by atoms with E-state index in [0.29, 0.717) is 4.48 Å². The van der Waals surface area contributed by atoms with Crippen molar-refractivity contribution in [2.75, 3.05) is 11.3 Å². The Morgan fingerprint density at radius 3 is 2.54 bits per heavy atom. The molecule has 2 aromatic rings. The Hall–Kier alpha value is -2.72. The summed E-state index contributed by atoms with van der Waals surface area (Å²) in [7, 11) is -4.12. The van der Waals surface area contributed by atoms with Gasteiger partial charge in [0.25, 0.3) is 21.6 Å². The van der Waals surface area contributed by atoms with E-state index in [2.05, 4.69) is 32.5 Å². The van der Waals surface area contributed by atoms with Gasteiger partial charge in [-0.2, -0.15) is 0 Å². The van der Waals surface area contributed by atoms with Gasteiger partial charge in [0.15, 0.2) is 0 Å². The van der Waals surface area contributed by atoms with Crippen molar-refractivity contribution in [2.24, 2.45) is 0 Å². The van der Waals surface area contributed by atoms with Gasteiger partial charge in [-0.1, -0.05) is 40.7 Å². The van der Waals surface area contributed by atoms with E-state index in [-0.39, 0.29) is 28.4 Å². The third kappa shape index (κ3) is 4.90. The van der Waals surface area contributed by atoms with Crippen molar-refractivity contribution in [3.05, 3.63) is 75.3 Å². The monoisotopic (exact) mass is 439 g/mol. The zero-order valence-electron chi connectivity index (χ0n) is 13.3. The molecular formula is C16H14BrN3O5S. The number of sulfonamides is 1. The van der Waals surface area contributed by atoms with E-state index in [1.165, 1.54) is 30.3 Å². The molecule has 0 saturated carbocycles. The fourth-order valence-electron chi connectivity index (χ4n) is 2.01. The van der Waals surface area contributed by atoms with Gasteiger partial charge in [0.1, 0.15) is 0 Å². The molecule has 0 bridgehead atoms. The Bertz CT molecular complexity index is 975. The summed E-state index contributed by atoms with van der Waals surface area (Å²) >= 11 is 3.12. The average Bonchev–Trinajstić information content (AvgIpc) is 2.60. The van der Waals surface area contributed by atoms with E-state index in [0.717, 1.165) is 6.07 Å². The summed E-state index contributed by atoms with van der Waals surface area (Å²) in [4.78, 5) is 22.1. The SMILES string of the molecule is C=C(Br)CNC(=O)c1ccccc1NS(=O)(=O)c1cccc([N+](=O)[O-])c1. The molecule has 136 valence electrons. The van der Waals surface area contributed by atoms with E-state index in [4.69, 9.17) is 0 Å². The highest BCUT2D eigenvalue weighted by molar-refractivity contribution is 9.11. The number of benzene rings is 2. The molecule has 0 fully saturated rings. The number of para-hydroxylation sites is 1. The van der Waals surface area contributed by atoms with Gasteiger partial charge in [-0.05, 0) is 18.2 Å². The van der Waals surface area contributed by atoms with Gasteiger partial charge >= 0.3 is 0 Å². The highest BCUT2D eigenvalue weighted by atomic mass is 79.9. The van der Waals surface area contributed by atoms with Crippen LogP contribution in [0.25, 0.3) is 0 Å². The van der Waals surface area contributed by atoms with Crippen LogP contribution >= 0.6 is 15.9 Å². The predicted octanol–water partition coefficient (Wildman–Crippen LogP) is 3.03. The maximum absolute atomic E-state index is 12.5. The number of nitrogens with zero attached hydrogens (tertiary/aromatic N) is 1. The average molecular weight is 440 g/mol. The van der Waals surface area contributed by atoms with E-state index >= 15 is 0 Å². The summed E-state index contributed by atoms with van der Waals surface area (Å²) in [5.74, 6) is -0.497. The standard InChI is InChI=1S/C16H14BrN3O5S/c1-11(17)10-18-16(21)14-7-2-3-8-15(14)19-26(24,25)13-6-4-5-12(9-13)20(22)23/h2-9,19H,1,10H2,(H,18,21). The fourth-order valence-corrected chi connectivity index (χ4v) is 3.27. The third-order valence-electron chi connectivity index (χ3n) is 3.20. The van der Waals surface area contributed by atoms with Crippen molar-refractivity contribution < 1.29 is 18.1 Å². The molecule has 0 aromatic heterocycles. The van der Waals surface area contributed by atoms with Crippen molar-refractivity contribution in [1.29, 1.82) is 0 Å². The van der Waals surface area contributed by atoms with Crippen LogP contribution < -0.4 is 10.0 Å². The lowest BCUT2D eigenvalue weighted by Gasteiger charge is -2.12. The third-order valence-corrected chi connectivity index (χ3v) is 4.84. The van der Waals surface area contributed by atoms with Gasteiger partial charge < -0.3 is 5.32 Å². The Labute approximate surface area is 158 Å². The van der Waals surface area contributed by atoms with Crippen LogP contribution in [0.2, 0.25) is 0 Å². The summed E-state index contributed by atoms with van der Waals surface area (Å²) in [5, 5.41) is 13.4. The van der Waals surface area contributed by atoms with Gasteiger partial charge in [-0.15, -0.1) is 0 Å². The van der Waals surface area contributed by atoms with Crippen LogP contribution in [0.3, 0.4) is 0 Å². The van der Waals surface area contributed by atoms with Crippen LogP contribution in [0.1, 0.15) is 10.4 Å². The van der Waals surface area contributed by atoms with E-state index in [1.54, 1.807) is 12.1 Å². The number of carbonyl (C=O) groups excluding carboxylic acids is 1. The second-order valence-corrected chi connectivity index (χ2v) is 7.91. The number of rotatable bonds is 7. The van der Waals surface area contributed by atoms with Crippen LogP contribution in [0.5, 0.6) is 0 Å². The Morgan fingerprint density at radius 2 is 1.88 bits per heavy atom. The summed E-state index contributed by atoms with van der Waals surface area (Å²) < 4.78 is 27.9. The van der Waals surface area contributed by atoms with Crippen molar-refractivity contribution in [3.63, 3.8) is 0 Å². The van der Waals surface area contributed by atoms with Crippen molar-refractivity contribution >= 4 is 43.2 Å². The number of nitro benzene ring substituents is 1. The first-order chi connectivity index (χ1) is 12.2. The summed E-state index contributed by atoms with van der Waals surface area (Å²) in [6, 6.07) is 10.7.